The molecule has 0 spiro atoms. The van der Waals surface area contributed by atoms with E-state index in [1.807, 2.05) is 18.2 Å². The number of nitrogens with one attached hydrogen (secondary N) is 1. The van der Waals surface area contributed by atoms with Crippen LogP contribution in [0, 0.1) is 0 Å². The number of piperidine rings is 1. The summed E-state index contributed by atoms with van der Waals surface area (Å²) in [6.45, 7) is 2.35. The summed E-state index contributed by atoms with van der Waals surface area (Å²) >= 11 is 0. The Morgan fingerprint density at radius 2 is 1.68 bits per heavy atom. The van der Waals surface area contributed by atoms with Crippen molar-refractivity contribution in [1.82, 2.24) is 10.2 Å². The third-order valence-electron chi connectivity index (χ3n) is 5.63. The Hall–Kier alpha value is -2.13. The summed E-state index contributed by atoms with van der Waals surface area (Å²) in [4.78, 5) is 15.0. The molecule has 2 saturated heterocycles. The van der Waals surface area contributed by atoms with Gasteiger partial charge in [-0.2, -0.15) is 0 Å². The minimum atomic E-state index is 0.157. The van der Waals surface area contributed by atoms with Gasteiger partial charge < -0.3 is 5.32 Å². The number of nitrogens with zero attached hydrogens (tertiary/aromatic N) is 1. The molecule has 2 aromatic rings. The SMILES string of the molecule is O=C(Cc1ccc(-c2ccccc2)cc1)N[C@@H]1CCN2CCCC[C@@H]12. The first kappa shape index (κ1) is 16.3. The van der Waals surface area contributed by atoms with Crippen LogP contribution in [0.1, 0.15) is 31.2 Å². The summed E-state index contributed by atoms with van der Waals surface area (Å²) in [6, 6.07) is 19.6. The van der Waals surface area contributed by atoms with Crippen LogP contribution in [0.2, 0.25) is 0 Å². The van der Waals surface area contributed by atoms with Gasteiger partial charge in [-0.05, 0) is 42.5 Å². The van der Waals surface area contributed by atoms with Crippen molar-refractivity contribution in [3.05, 3.63) is 60.2 Å². The van der Waals surface area contributed by atoms with Crippen LogP contribution in [0.4, 0.5) is 0 Å². The van der Waals surface area contributed by atoms with Crippen LogP contribution in [0.5, 0.6) is 0 Å². The minimum Gasteiger partial charge on any atom is -0.351 e. The highest BCUT2D eigenvalue weighted by molar-refractivity contribution is 5.79. The summed E-state index contributed by atoms with van der Waals surface area (Å²) in [5, 5.41) is 3.29. The molecule has 3 nitrogen and oxygen atoms in total. The first-order chi connectivity index (χ1) is 12.3. The van der Waals surface area contributed by atoms with Crippen molar-refractivity contribution in [3.8, 4) is 11.1 Å². The second-order valence-electron chi connectivity index (χ2n) is 7.30. The van der Waals surface area contributed by atoms with E-state index in [0.29, 0.717) is 18.5 Å². The Morgan fingerprint density at radius 1 is 0.920 bits per heavy atom. The average Bonchev–Trinajstić information content (AvgIpc) is 3.06. The third kappa shape index (κ3) is 3.77. The zero-order valence-electron chi connectivity index (χ0n) is 14.7. The van der Waals surface area contributed by atoms with Crippen molar-refractivity contribution in [1.29, 1.82) is 0 Å². The van der Waals surface area contributed by atoms with E-state index in [1.54, 1.807) is 0 Å². The predicted octanol–water partition coefficient (Wildman–Crippen LogP) is 3.64. The quantitative estimate of drug-likeness (QED) is 0.926. The highest BCUT2D eigenvalue weighted by atomic mass is 16.1. The van der Waals surface area contributed by atoms with Crippen molar-refractivity contribution in [2.45, 2.75) is 44.2 Å². The molecule has 2 aliphatic heterocycles. The smallest absolute Gasteiger partial charge is 0.224 e. The number of carbonyl (C=O) groups excluding carboxylic acids is 1. The average molecular weight is 334 g/mol. The van der Waals surface area contributed by atoms with E-state index in [0.717, 1.165) is 18.5 Å². The van der Waals surface area contributed by atoms with Gasteiger partial charge in [-0.1, -0.05) is 61.0 Å². The number of fused-ring (bicyclic) bond motifs is 1. The molecule has 0 bridgehead atoms. The molecular formula is C22H26N2O. The Bertz CT molecular complexity index is 711. The summed E-state index contributed by atoms with van der Waals surface area (Å²) < 4.78 is 0. The van der Waals surface area contributed by atoms with Crippen LogP contribution in [0.25, 0.3) is 11.1 Å². The lowest BCUT2D eigenvalue weighted by Gasteiger charge is -2.32. The van der Waals surface area contributed by atoms with Crippen molar-refractivity contribution in [2.75, 3.05) is 13.1 Å². The Kier molecular flexibility index (Phi) is 4.84. The fourth-order valence-corrected chi connectivity index (χ4v) is 4.30. The molecule has 2 aliphatic rings. The van der Waals surface area contributed by atoms with Gasteiger partial charge in [0.1, 0.15) is 0 Å². The van der Waals surface area contributed by atoms with E-state index in [4.69, 9.17) is 0 Å². The third-order valence-corrected chi connectivity index (χ3v) is 5.63. The van der Waals surface area contributed by atoms with Gasteiger partial charge in [0.25, 0.3) is 0 Å². The summed E-state index contributed by atoms with van der Waals surface area (Å²) in [5.74, 6) is 0.157. The molecule has 2 aromatic carbocycles. The molecule has 0 unspecified atom stereocenters. The zero-order chi connectivity index (χ0) is 17.1. The number of carbonyl (C=O) groups is 1. The molecule has 0 radical (unpaired) electrons. The van der Waals surface area contributed by atoms with E-state index < -0.39 is 0 Å². The maximum atomic E-state index is 12.5. The van der Waals surface area contributed by atoms with Crippen molar-refractivity contribution in [3.63, 3.8) is 0 Å². The zero-order valence-corrected chi connectivity index (χ0v) is 14.7. The first-order valence-corrected chi connectivity index (χ1v) is 9.47. The largest absolute Gasteiger partial charge is 0.351 e. The monoisotopic (exact) mass is 334 g/mol. The Labute approximate surface area is 150 Å². The van der Waals surface area contributed by atoms with Crippen molar-refractivity contribution in [2.24, 2.45) is 0 Å². The fourth-order valence-electron chi connectivity index (χ4n) is 4.30. The molecule has 130 valence electrons. The van der Waals surface area contributed by atoms with Crippen LogP contribution in [0.3, 0.4) is 0 Å². The second-order valence-corrected chi connectivity index (χ2v) is 7.30. The summed E-state index contributed by atoms with van der Waals surface area (Å²) in [5.41, 5.74) is 3.48. The normalized spacial score (nSPS) is 23.2. The molecule has 1 N–H and O–H groups in total. The lowest BCUT2D eigenvalue weighted by molar-refractivity contribution is -0.121. The topological polar surface area (TPSA) is 32.3 Å². The molecule has 3 heteroatoms. The molecule has 0 saturated carbocycles. The lowest BCUT2D eigenvalue weighted by atomic mass is 9.98. The van der Waals surface area contributed by atoms with Crippen LogP contribution >= 0.6 is 0 Å². The van der Waals surface area contributed by atoms with Gasteiger partial charge in [0, 0.05) is 18.6 Å². The van der Waals surface area contributed by atoms with Crippen LogP contribution in [-0.4, -0.2) is 36.0 Å². The van der Waals surface area contributed by atoms with Crippen molar-refractivity contribution < 1.29 is 4.79 Å². The number of benzene rings is 2. The predicted molar refractivity (Wildman–Crippen MR) is 101 cm³/mol. The summed E-state index contributed by atoms with van der Waals surface area (Å²) in [7, 11) is 0. The van der Waals surface area contributed by atoms with Gasteiger partial charge in [0.05, 0.1) is 6.42 Å². The van der Waals surface area contributed by atoms with Gasteiger partial charge in [-0.3, -0.25) is 9.69 Å². The van der Waals surface area contributed by atoms with Gasteiger partial charge >= 0.3 is 0 Å². The minimum absolute atomic E-state index is 0.157. The maximum absolute atomic E-state index is 12.5. The number of hydrogen-bond donors (Lipinski definition) is 1. The first-order valence-electron chi connectivity index (χ1n) is 9.47. The fraction of sp³-hybridized carbons (Fsp3) is 0.409. The lowest BCUT2D eigenvalue weighted by Crippen LogP contribution is -2.47. The van der Waals surface area contributed by atoms with E-state index in [1.165, 1.54) is 36.9 Å². The Balaban J connectivity index is 1.35. The highest BCUT2D eigenvalue weighted by Gasteiger charge is 2.36. The molecular weight excluding hydrogens is 308 g/mol. The van der Waals surface area contributed by atoms with Gasteiger partial charge in [0.15, 0.2) is 0 Å². The van der Waals surface area contributed by atoms with Gasteiger partial charge in [-0.15, -0.1) is 0 Å². The highest BCUT2D eigenvalue weighted by Crippen LogP contribution is 2.27. The number of amides is 1. The molecule has 2 heterocycles. The Morgan fingerprint density at radius 3 is 2.48 bits per heavy atom. The second kappa shape index (κ2) is 7.40. The molecule has 1 amide bonds. The molecule has 0 aromatic heterocycles. The van der Waals surface area contributed by atoms with Gasteiger partial charge in [0.2, 0.25) is 5.91 Å². The van der Waals surface area contributed by atoms with E-state index >= 15 is 0 Å². The van der Waals surface area contributed by atoms with E-state index in [2.05, 4.69) is 46.6 Å². The molecule has 2 fully saturated rings. The van der Waals surface area contributed by atoms with E-state index in [-0.39, 0.29) is 5.91 Å². The van der Waals surface area contributed by atoms with E-state index in [9.17, 15) is 4.79 Å². The molecule has 25 heavy (non-hydrogen) atoms. The summed E-state index contributed by atoms with van der Waals surface area (Å²) in [6.07, 6.45) is 5.41. The molecule has 2 atom stereocenters. The number of rotatable bonds is 4. The standard InChI is InChI=1S/C22H26N2O/c25-22(23-20-13-15-24-14-5-4-8-21(20)24)16-17-9-11-19(12-10-17)18-6-2-1-3-7-18/h1-3,6-7,9-12,20-21H,4-5,8,13-16H2,(H,23,25)/t20-,21+/m1/s1. The number of hydrogen-bond acceptors (Lipinski definition) is 2. The molecule has 0 aliphatic carbocycles. The van der Waals surface area contributed by atoms with Crippen molar-refractivity contribution >= 4 is 5.91 Å². The maximum Gasteiger partial charge on any atom is 0.224 e. The van der Waals surface area contributed by atoms with Gasteiger partial charge in [-0.25, -0.2) is 0 Å². The van der Waals surface area contributed by atoms with Crippen LogP contribution < -0.4 is 5.32 Å². The van der Waals surface area contributed by atoms with Crippen LogP contribution in [-0.2, 0) is 11.2 Å². The van der Waals surface area contributed by atoms with Crippen LogP contribution in [0.15, 0.2) is 54.6 Å². The molecule has 4 rings (SSSR count).